The van der Waals surface area contributed by atoms with Gasteiger partial charge >= 0.3 is 0 Å². The molecular formula is C21H21ClN2O3. The highest BCUT2D eigenvalue weighted by molar-refractivity contribution is 6.32. The number of benzene rings is 2. The zero-order valence-electron chi connectivity index (χ0n) is 15.5. The van der Waals surface area contributed by atoms with Gasteiger partial charge in [-0.05, 0) is 31.0 Å². The molecule has 1 aromatic heterocycles. The van der Waals surface area contributed by atoms with Gasteiger partial charge in [0.05, 0.1) is 11.6 Å². The lowest BCUT2D eigenvalue weighted by molar-refractivity contribution is 0.102. The van der Waals surface area contributed by atoms with Gasteiger partial charge in [-0.3, -0.25) is 4.79 Å². The molecule has 2 aromatic carbocycles. The van der Waals surface area contributed by atoms with Crippen molar-refractivity contribution in [1.29, 1.82) is 0 Å². The molecule has 0 fully saturated rings. The van der Waals surface area contributed by atoms with E-state index in [9.17, 15) is 4.79 Å². The monoisotopic (exact) mass is 384 g/mol. The molecule has 1 heterocycles. The minimum absolute atomic E-state index is 0.306. The van der Waals surface area contributed by atoms with Crippen LogP contribution < -0.4 is 10.1 Å². The van der Waals surface area contributed by atoms with Gasteiger partial charge in [0.25, 0.3) is 5.91 Å². The molecule has 0 unspecified atom stereocenters. The van der Waals surface area contributed by atoms with Crippen molar-refractivity contribution in [1.82, 2.24) is 5.16 Å². The number of aromatic nitrogens is 1. The minimum Gasteiger partial charge on any atom is -0.492 e. The van der Waals surface area contributed by atoms with Crippen LogP contribution in [0.3, 0.4) is 0 Å². The predicted molar refractivity (Wildman–Crippen MR) is 106 cm³/mol. The van der Waals surface area contributed by atoms with Crippen molar-refractivity contribution in [3.8, 4) is 17.0 Å². The number of nitrogens with one attached hydrogen (secondary N) is 1. The fraction of sp³-hybridized carbons (Fsp3) is 0.238. The van der Waals surface area contributed by atoms with Gasteiger partial charge in [0, 0.05) is 11.3 Å². The number of hydrogen-bond donors (Lipinski definition) is 1. The molecule has 3 aromatic rings. The first kappa shape index (κ1) is 19.0. The first-order valence-corrected chi connectivity index (χ1v) is 9.09. The van der Waals surface area contributed by atoms with Crippen LogP contribution in [0.5, 0.6) is 5.75 Å². The van der Waals surface area contributed by atoms with Crippen LogP contribution in [0.1, 0.15) is 30.0 Å². The summed E-state index contributed by atoms with van der Waals surface area (Å²) in [6.07, 6.45) is 0. The predicted octanol–water partition coefficient (Wildman–Crippen LogP) is 5.59. The number of hydrogen-bond acceptors (Lipinski definition) is 4. The molecule has 6 heteroatoms. The van der Waals surface area contributed by atoms with Crippen LogP contribution >= 0.6 is 11.6 Å². The number of aryl methyl sites for hydroxylation is 1. The average molecular weight is 385 g/mol. The fourth-order valence-corrected chi connectivity index (χ4v) is 2.81. The van der Waals surface area contributed by atoms with Crippen molar-refractivity contribution < 1.29 is 14.1 Å². The first-order chi connectivity index (χ1) is 13.0. The summed E-state index contributed by atoms with van der Waals surface area (Å²) in [6.45, 7) is 6.41. The Morgan fingerprint density at radius 1 is 1.22 bits per heavy atom. The molecule has 27 heavy (non-hydrogen) atoms. The van der Waals surface area contributed by atoms with Gasteiger partial charge < -0.3 is 14.6 Å². The number of nitrogens with zero attached hydrogens (tertiary/aromatic N) is 1. The second kappa shape index (κ2) is 8.27. The Balaban J connectivity index is 1.80. The van der Waals surface area contributed by atoms with E-state index >= 15 is 0 Å². The van der Waals surface area contributed by atoms with Crippen LogP contribution in [-0.4, -0.2) is 17.7 Å². The maximum Gasteiger partial charge on any atom is 0.261 e. The lowest BCUT2D eigenvalue weighted by Crippen LogP contribution is -2.13. The Kier molecular flexibility index (Phi) is 5.81. The maximum absolute atomic E-state index is 12.8. The van der Waals surface area contributed by atoms with Crippen molar-refractivity contribution >= 4 is 23.2 Å². The Labute approximate surface area is 163 Å². The molecule has 0 bridgehead atoms. The smallest absolute Gasteiger partial charge is 0.261 e. The zero-order chi connectivity index (χ0) is 19.4. The quantitative estimate of drug-likeness (QED) is 0.601. The number of ether oxygens (including phenoxy) is 1. The van der Waals surface area contributed by atoms with E-state index in [2.05, 4.69) is 24.3 Å². The van der Waals surface area contributed by atoms with E-state index in [4.69, 9.17) is 20.9 Å². The minimum atomic E-state index is -0.306. The van der Waals surface area contributed by atoms with E-state index in [-0.39, 0.29) is 5.91 Å². The molecule has 0 aliphatic carbocycles. The van der Waals surface area contributed by atoms with Gasteiger partial charge in [-0.25, -0.2) is 0 Å². The van der Waals surface area contributed by atoms with Crippen molar-refractivity contribution in [3.63, 3.8) is 0 Å². The molecular weight excluding hydrogens is 364 g/mol. The molecule has 3 rings (SSSR count). The molecule has 0 spiro atoms. The number of carbonyl (C=O) groups is 1. The van der Waals surface area contributed by atoms with E-state index in [1.54, 1.807) is 25.1 Å². The number of carbonyl (C=O) groups excluding carboxylic acids is 1. The average Bonchev–Trinajstić information content (AvgIpc) is 3.03. The molecule has 0 saturated carbocycles. The molecule has 0 aliphatic rings. The zero-order valence-corrected chi connectivity index (χ0v) is 16.2. The lowest BCUT2D eigenvalue weighted by atomic mass is 10.1. The number of halogens is 1. The second-order valence-corrected chi connectivity index (χ2v) is 7.04. The van der Waals surface area contributed by atoms with E-state index in [1.165, 1.54) is 0 Å². The van der Waals surface area contributed by atoms with Gasteiger partial charge in [-0.2, -0.15) is 0 Å². The largest absolute Gasteiger partial charge is 0.492 e. The maximum atomic E-state index is 12.8. The van der Waals surface area contributed by atoms with Crippen molar-refractivity contribution in [2.45, 2.75) is 20.8 Å². The molecule has 0 aliphatic heterocycles. The summed E-state index contributed by atoms with van der Waals surface area (Å²) < 4.78 is 10.9. The lowest BCUT2D eigenvalue weighted by Gasteiger charge is -2.12. The van der Waals surface area contributed by atoms with E-state index < -0.39 is 0 Å². The summed E-state index contributed by atoms with van der Waals surface area (Å²) in [6, 6.07) is 14.6. The number of amides is 1. The Morgan fingerprint density at radius 3 is 2.63 bits per heavy atom. The van der Waals surface area contributed by atoms with Crippen molar-refractivity contribution in [3.05, 3.63) is 64.9 Å². The highest BCUT2D eigenvalue weighted by Gasteiger charge is 2.21. The Bertz CT molecular complexity index is 936. The van der Waals surface area contributed by atoms with Gasteiger partial charge in [-0.1, -0.05) is 60.9 Å². The molecule has 0 radical (unpaired) electrons. The third-order valence-electron chi connectivity index (χ3n) is 3.90. The van der Waals surface area contributed by atoms with Gasteiger partial charge in [-0.15, -0.1) is 0 Å². The molecule has 0 saturated heterocycles. The SMILES string of the molecule is Cc1onc(-c2ccccc2)c1C(=O)Nc1ccc(OCC(C)C)c(Cl)c1. The highest BCUT2D eigenvalue weighted by atomic mass is 35.5. The highest BCUT2D eigenvalue weighted by Crippen LogP contribution is 2.30. The van der Waals surface area contributed by atoms with Crippen LogP contribution in [0.25, 0.3) is 11.3 Å². The molecule has 1 N–H and O–H groups in total. The summed E-state index contributed by atoms with van der Waals surface area (Å²) in [7, 11) is 0. The normalized spacial score (nSPS) is 10.9. The van der Waals surface area contributed by atoms with Crippen molar-refractivity contribution in [2.24, 2.45) is 5.92 Å². The van der Waals surface area contributed by atoms with Crippen molar-refractivity contribution in [2.75, 3.05) is 11.9 Å². The van der Waals surface area contributed by atoms with Crippen LogP contribution in [-0.2, 0) is 0 Å². The van der Waals surface area contributed by atoms with Gasteiger partial charge in [0.15, 0.2) is 0 Å². The van der Waals surface area contributed by atoms with Crippen LogP contribution in [0.2, 0.25) is 5.02 Å². The molecule has 0 atom stereocenters. The second-order valence-electron chi connectivity index (χ2n) is 6.63. The Hall–Kier alpha value is -2.79. The fourth-order valence-electron chi connectivity index (χ4n) is 2.58. The molecule has 5 nitrogen and oxygen atoms in total. The van der Waals surface area contributed by atoms with Gasteiger partial charge in [0.1, 0.15) is 22.8 Å². The third kappa shape index (κ3) is 4.49. The summed E-state index contributed by atoms with van der Waals surface area (Å²) in [5.41, 5.74) is 2.29. The molecule has 140 valence electrons. The summed E-state index contributed by atoms with van der Waals surface area (Å²) in [5, 5.41) is 7.33. The van der Waals surface area contributed by atoms with E-state index in [1.807, 2.05) is 30.3 Å². The van der Waals surface area contributed by atoms with E-state index in [0.29, 0.717) is 46.0 Å². The van der Waals surface area contributed by atoms with Crippen LogP contribution in [0, 0.1) is 12.8 Å². The first-order valence-electron chi connectivity index (χ1n) is 8.71. The topological polar surface area (TPSA) is 64.4 Å². The van der Waals surface area contributed by atoms with Crippen LogP contribution in [0.4, 0.5) is 5.69 Å². The summed E-state index contributed by atoms with van der Waals surface area (Å²) in [4.78, 5) is 12.8. The third-order valence-corrected chi connectivity index (χ3v) is 4.19. The number of rotatable bonds is 6. The van der Waals surface area contributed by atoms with Gasteiger partial charge in [0.2, 0.25) is 0 Å². The number of anilines is 1. The summed E-state index contributed by atoms with van der Waals surface area (Å²) >= 11 is 6.27. The molecule has 1 amide bonds. The Morgan fingerprint density at radius 2 is 1.96 bits per heavy atom. The summed E-state index contributed by atoms with van der Waals surface area (Å²) in [5.74, 6) is 1.14. The standard InChI is InChI=1S/C21H21ClN2O3/c1-13(2)12-26-18-10-9-16(11-17(18)22)23-21(25)19-14(3)27-24-20(19)15-7-5-4-6-8-15/h4-11,13H,12H2,1-3H3,(H,23,25). The van der Waals surface area contributed by atoms with Crippen LogP contribution in [0.15, 0.2) is 53.1 Å². The van der Waals surface area contributed by atoms with E-state index in [0.717, 1.165) is 5.56 Å².